The van der Waals surface area contributed by atoms with E-state index in [1.165, 1.54) is 0 Å². The number of rotatable bonds is 5. The summed E-state index contributed by atoms with van der Waals surface area (Å²) in [6.45, 7) is 3.70. The van der Waals surface area contributed by atoms with Crippen LogP contribution in [-0.4, -0.2) is 22.8 Å². The first-order valence-electron chi connectivity index (χ1n) is 6.48. The minimum atomic E-state index is -1.05. The van der Waals surface area contributed by atoms with Gasteiger partial charge >= 0.3 is 0 Å². The molecule has 0 unspecified atom stereocenters. The molecule has 0 atom stereocenters. The van der Waals surface area contributed by atoms with E-state index in [1.807, 2.05) is 12.1 Å². The van der Waals surface area contributed by atoms with Crippen molar-refractivity contribution >= 4 is 11.8 Å². The molecule has 102 valence electrons. The topological polar surface area (TPSA) is 71.1 Å². The molecule has 2 amide bonds. The fourth-order valence-corrected chi connectivity index (χ4v) is 1.60. The molecule has 0 spiro atoms. The zero-order valence-corrected chi connectivity index (χ0v) is 11.3. The first kappa shape index (κ1) is 13.5. The summed E-state index contributed by atoms with van der Waals surface area (Å²) in [5.41, 5.74) is -0.0861. The van der Waals surface area contributed by atoms with Crippen molar-refractivity contribution in [2.45, 2.75) is 39.3 Å². The summed E-state index contributed by atoms with van der Waals surface area (Å²) in [7, 11) is 0. The lowest BCUT2D eigenvalue weighted by Gasteiger charge is -2.22. The van der Waals surface area contributed by atoms with Gasteiger partial charge in [0.1, 0.15) is 5.41 Å². The number of nitrogens with zero attached hydrogens (tertiary/aromatic N) is 1. The highest BCUT2D eigenvalue weighted by Gasteiger charge is 2.38. The van der Waals surface area contributed by atoms with Gasteiger partial charge in [-0.3, -0.25) is 14.6 Å². The third kappa shape index (κ3) is 3.53. The summed E-state index contributed by atoms with van der Waals surface area (Å²) in [5.74, 6) is -0.468. The Labute approximate surface area is 112 Å². The molecule has 1 aliphatic rings. The Hall–Kier alpha value is -1.91. The summed E-state index contributed by atoms with van der Waals surface area (Å²) in [4.78, 5) is 28.0. The van der Waals surface area contributed by atoms with Crippen LogP contribution in [-0.2, 0) is 16.1 Å². The fourth-order valence-electron chi connectivity index (χ4n) is 1.60. The van der Waals surface area contributed by atoms with E-state index < -0.39 is 5.41 Å². The van der Waals surface area contributed by atoms with Gasteiger partial charge in [0.15, 0.2) is 0 Å². The van der Waals surface area contributed by atoms with Gasteiger partial charge in [-0.1, -0.05) is 0 Å². The average molecular weight is 261 g/mol. The van der Waals surface area contributed by atoms with Crippen LogP contribution in [0.5, 0.6) is 0 Å². The van der Waals surface area contributed by atoms with Crippen molar-refractivity contribution in [1.82, 2.24) is 15.6 Å². The maximum atomic E-state index is 12.1. The Balaban J connectivity index is 1.88. The van der Waals surface area contributed by atoms with Gasteiger partial charge in [-0.2, -0.15) is 0 Å². The van der Waals surface area contributed by atoms with Crippen LogP contribution in [0, 0.1) is 5.41 Å². The van der Waals surface area contributed by atoms with Gasteiger partial charge < -0.3 is 10.6 Å². The molecule has 5 nitrogen and oxygen atoms in total. The third-order valence-corrected chi connectivity index (χ3v) is 3.25. The summed E-state index contributed by atoms with van der Waals surface area (Å²) in [6.07, 6.45) is 5.37. The Kier molecular flexibility index (Phi) is 3.83. The zero-order chi connectivity index (χ0) is 13.9. The van der Waals surface area contributed by atoms with Crippen LogP contribution in [0.3, 0.4) is 0 Å². The number of amides is 2. The van der Waals surface area contributed by atoms with Crippen molar-refractivity contribution in [2.24, 2.45) is 5.41 Å². The Morgan fingerprint density at radius 3 is 2.47 bits per heavy atom. The highest BCUT2D eigenvalue weighted by molar-refractivity contribution is 6.04. The first-order chi connectivity index (χ1) is 9.00. The molecule has 1 saturated carbocycles. The Bertz CT molecular complexity index is 467. The largest absolute Gasteiger partial charge is 0.352 e. The molecule has 1 heterocycles. The SMILES string of the molecule is CC(C)(C(=O)NCc1ccncc1)C(=O)NC1CC1. The molecule has 0 aliphatic heterocycles. The van der Waals surface area contributed by atoms with Crippen LogP contribution in [0.1, 0.15) is 32.3 Å². The fraction of sp³-hybridized carbons (Fsp3) is 0.500. The number of hydrogen-bond acceptors (Lipinski definition) is 3. The summed E-state index contributed by atoms with van der Waals surface area (Å²) in [6, 6.07) is 3.93. The van der Waals surface area contributed by atoms with E-state index in [9.17, 15) is 9.59 Å². The molecule has 1 aromatic rings. The lowest BCUT2D eigenvalue weighted by atomic mass is 9.91. The van der Waals surface area contributed by atoms with Crippen molar-refractivity contribution in [2.75, 3.05) is 0 Å². The maximum absolute atomic E-state index is 12.1. The molecule has 0 bridgehead atoms. The van der Waals surface area contributed by atoms with Gasteiger partial charge in [-0.15, -0.1) is 0 Å². The van der Waals surface area contributed by atoms with Crippen molar-refractivity contribution in [3.05, 3.63) is 30.1 Å². The second-order valence-corrected chi connectivity index (χ2v) is 5.41. The second-order valence-electron chi connectivity index (χ2n) is 5.41. The van der Waals surface area contributed by atoms with Crippen LogP contribution < -0.4 is 10.6 Å². The van der Waals surface area contributed by atoms with Gasteiger partial charge in [0, 0.05) is 25.0 Å². The maximum Gasteiger partial charge on any atom is 0.235 e. The van der Waals surface area contributed by atoms with Crippen molar-refractivity contribution in [3.63, 3.8) is 0 Å². The number of carbonyl (C=O) groups excluding carboxylic acids is 2. The predicted octanol–water partition coefficient (Wildman–Crippen LogP) is 1.00. The molecule has 2 rings (SSSR count). The van der Waals surface area contributed by atoms with Crippen LogP contribution in [0.25, 0.3) is 0 Å². The first-order valence-corrected chi connectivity index (χ1v) is 6.48. The molecule has 0 radical (unpaired) electrons. The van der Waals surface area contributed by atoms with Crippen molar-refractivity contribution in [3.8, 4) is 0 Å². The standard InChI is InChI=1S/C14H19N3O2/c1-14(2,13(19)17-11-3-4-11)12(18)16-9-10-5-7-15-8-6-10/h5-8,11H,3-4,9H2,1-2H3,(H,16,18)(H,17,19). The molecule has 19 heavy (non-hydrogen) atoms. The normalized spacial score (nSPS) is 14.8. The number of pyridine rings is 1. The molecule has 0 saturated heterocycles. The molecule has 2 N–H and O–H groups in total. The lowest BCUT2D eigenvalue weighted by Crippen LogP contribution is -2.48. The minimum absolute atomic E-state index is 0.206. The highest BCUT2D eigenvalue weighted by Crippen LogP contribution is 2.23. The van der Waals surface area contributed by atoms with Gasteiger partial charge in [-0.05, 0) is 44.4 Å². The predicted molar refractivity (Wildman–Crippen MR) is 71.0 cm³/mol. The number of hydrogen-bond donors (Lipinski definition) is 2. The zero-order valence-electron chi connectivity index (χ0n) is 11.3. The van der Waals surface area contributed by atoms with E-state index in [4.69, 9.17) is 0 Å². The Morgan fingerprint density at radius 2 is 1.89 bits per heavy atom. The summed E-state index contributed by atoms with van der Waals surface area (Å²) < 4.78 is 0. The molecule has 0 aromatic carbocycles. The molecule has 1 aliphatic carbocycles. The average Bonchev–Trinajstić information content (AvgIpc) is 3.21. The number of carbonyl (C=O) groups is 2. The van der Waals surface area contributed by atoms with Crippen LogP contribution in [0.2, 0.25) is 0 Å². The number of aromatic nitrogens is 1. The smallest absolute Gasteiger partial charge is 0.235 e. The molecular formula is C14H19N3O2. The van der Waals surface area contributed by atoms with E-state index in [2.05, 4.69) is 15.6 Å². The molecule has 1 fully saturated rings. The monoisotopic (exact) mass is 261 g/mol. The van der Waals surface area contributed by atoms with Gasteiger partial charge in [-0.25, -0.2) is 0 Å². The summed E-state index contributed by atoms with van der Waals surface area (Å²) >= 11 is 0. The van der Waals surface area contributed by atoms with Crippen LogP contribution in [0.15, 0.2) is 24.5 Å². The van der Waals surface area contributed by atoms with Gasteiger partial charge in [0.05, 0.1) is 0 Å². The van der Waals surface area contributed by atoms with Crippen LogP contribution >= 0.6 is 0 Å². The minimum Gasteiger partial charge on any atom is -0.352 e. The molecule has 5 heteroatoms. The number of nitrogens with one attached hydrogen (secondary N) is 2. The second kappa shape index (κ2) is 5.38. The lowest BCUT2D eigenvalue weighted by molar-refractivity contribution is -0.141. The van der Waals surface area contributed by atoms with Gasteiger partial charge in [0.2, 0.25) is 11.8 Å². The third-order valence-electron chi connectivity index (χ3n) is 3.25. The highest BCUT2D eigenvalue weighted by atomic mass is 16.2. The van der Waals surface area contributed by atoms with E-state index >= 15 is 0 Å². The summed E-state index contributed by atoms with van der Waals surface area (Å²) in [5, 5.41) is 5.65. The van der Waals surface area contributed by atoms with E-state index in [-0.39, 0.29) is 17.9 Å². The molecule has 1 aromatic heterocycles. The van der Waals surface area contributed by atoms with Crippen molar-refractivity contribution < 1.29 is 9.59 Å². The molecular weight excluding hydrogens is 242 g/mol. The van der Waals surface area contributed by atoms with E-state index in [1.54, 1.807) is 26.2 Å². The quantitative estimate of drug-likeness (QED) is 0.777. The van der Waals surface area contributed by atoms with E-state index in [0.717, 1.165) is 18.4 Å². The van der Waals surface area contributed by atoms with Gasteiger partial charge in [0.25, 0.3) is 0 Å². The van der Waals surface area contributed by atoms with Crippen LogP contribution in [0.4, 0.5) is 0 Å². The Morgan fingerprint density at radius 1 is 1.26 bits per heavy atom. The van der Waals surface area contributed by atoms with Crippen molar-refractivity contribution in [1.29, 1.82) is 0 Å². The van der Waals surface area contributed by atoms with E-state index in [0.29, 0.717) is 6.54 Å².